The van der Waals surface area contributed by atoms with Crippen LogP contribution in [-0.2, 0) is 10.0 Å². The third-order valence-corrected chi connectivity index (χ3v) is 6.50. The number of anilines is 2. The van der Waals surface area contributed by atoms with Crippen LogP contribution in [0.25, 0.3) is 0 Å². The molecular formula is C19H18N2O3S2. The van der Waals surface area contributed by atoms with Gasteiger partial charge >= 0.3 is 0 Å². The number of thiazole rings is 1. The molecule has 0 N–H and O–H groups in total. The Morgan fingerprint density at radius 1 is 1.12 bits per heavy atom. The number of sulfonamides is 1. The van der Waals surface area contributed by atoms with Crippen LogP contribution in [0.5, 0.6) is 0 Å². The van der Waals surface area contributed by atoms with Crippen molar-refractivity contribution in [1.82, 2.24) is 4.98 Å². The predicted octanol–water partition coefficient (Wildman–Crippen LogP) is 4.61. The number of hydrogen-bond donors (Lipinski definition) is 0. The van der Waals surface area contributed by atoms with Gasteiger partial charge in [0, 0.05) is 17.1 Å². The molecule has 0 fully saturated rings. The maximum atomic E-state index is 13.4. The maximum absolute atomic E-state index is 13.4. The minimum absolute atomic E-state index is 0.0686. The Labute approximate surface area is 157 Å². The first-order chi connectivity index (χ1) is 12.4. The highest BCUT2D eigenvalue weighted by Gasteiger charge is 2.30. The van der Waals surface area contributed by atoms with E-state index < -0.39 is 10.0 Å². The van der Waals surface area contributed by atoms with Crippen LogP contribution in [0.1, 0.15) is 35.7 Å². The van der Waals surface area contributed by atoms with Gasteiger partial charge in [0.2, 0.25) is 5.13 Å². The lowest BCUT2D eigenvalue weighted by molar-refractivity contribution is 0.112. The van der Waals surface area contributed by atoms with E-state index in [1.165, 1.54) is 15.6 Å². The number of rotatable bonds is 6. The van der Waals surface area contributed by atoms with Gasteiger partial charge in [-0.25, -0.2) is 17.7 Å². The van der Waals surface area contributed by atoms with Gasteiger partial charge in [0.15, 0.2) is 0 Å². The molecule has 26 heavy (non-hydrogen) atoms. The van der Waals surface area contributed by atoms with Crippen LogP contribution in [0.15, 0.2) is 65.0 Å². The smallest absolute Gasteiger partial charge is 0.270 e. The van der Waals surface area contributed by atoms with Crippen LogP contribution in [0.4, 0.5) is 10.8 Å². The van der Waals surface area contributed by atoms with Crippen molar-refractivity contribution in [3.63, 3.8) is 0 Å². The molecule has 0 spiro atoms. The van der Waals surface area contributed by atoms with Gasteiger partial charge in [0.25, 0.3) is 10.0 Å². The van der Waals surface area contributed by atoms with Crippen molar-refractivity contribution in [2.75, 3.05) is 4.31 Å². The molecule has 0 saturated carbocycles. The molecular weight excluding hydrogens is 368 g/mol. The third-order valence-electron chi connectivity index (χ3n) is 3.91. The van der Waals surface area contributed by atoms with Gasteiger partial charge in [-0.2, -0.15) is 0 Å². The lowest BCUT2D eigenvalue weighted by Crippen LogP contribution is -2.27. The normalized spacial score (nSPS) is 11.5. The van der Waals surface area contributed by atoms with Crippen LogP contribution in [0.3, 0.4) is 0 Å². The van der Waals surface area contributed by atoms with E-state index in [1.54, 1.807) is 60.1 Å². The van der Waals surface area contributed by atoms with Crippen molar-refractivity contribution in [2.24, 2.45) is 0 Å². The summed E-state index contributed by atoms with van der Waals surface area (Å²) in [5.41, 5.74) is 1.68. The average molecular weight is 386 g/mol. The predicted molar refractivity (Wildman–Crippen MR) is 104 cm³/mol. The minimum atomic E-state index is -3.89. The van der Waals surface area contributed by atoms with E-state index in [9.17, 15) is 13.2 Å². The quantitative estimate of drug-likeness (QED) is 0.580. The Kier molecular flexibility index (Phi) is 5.20. The van der Waals surface area contributed by atoms with Gasteiger partial charge in [-0.3, -0.25) is 4.79 Å². The van der Waals surface area contributed by atoms with E-state index in [0.29, 0.717) is 22.7 Å². The van der Waals surface area contributed by atoms with Crippen LogP contribution < -0.4 is 4.31 Å². The molecule has 1 heterocycles. The van der Waals surface area contributed by atoms with Crippen LogP contribution >= 0.6 is 11.3 Å². The van der Waals surface area contributed by atoms with Crippen molar-refractivity contribution >= 4 is 38.5 Å². The second-order valence-electron chi connectivity index (χ2n) is 5.99. The standard InChI is InChI=1S/C19H18N2O3S2/c1-14(2)17-9-8-15(13-22)12-18(17)21(19-20-10-11-25-19)26(23,24)16-6-4-3-5-7-16/h3-14H,1-2H3. The first-order valence-electron chi connectivity index (χ1n) is 8.04. The van der Waals surface area contributed by atoms with Crippen LogP contribution in [0.2, 0.25) is 0 Å². The number of aldehydes is 1. The largest absolute Gasteiger partial charge is 0.298 e. The van der Waals surface area contributed by atoms with E-state index in [2.05, 4.69) is 4.98 Å². The van der Waals surface area contributed by atoms with E-state index >= 15 is 0 Å². The first kappa shape index (κ1) is 18.3. The summed E-state index contributed by atoms with van der Waals surface area (Å²) in [6.45, 7) is 3.96. The molecule has 0 atom stereocenters. The zero-order chi connectivity index (χ0) is 18.7. The molecule has 0 aliphatic carbocycles. The van der Waals surface area contributed by atoms with Crippen LogP contribution in [-0.4, -0.2) is 19.7 Å². The Balaban J connectivity index is 2.29. The summed E-state index contributed by atoms with van der Waals surface area (Å²) in [5.74, 6) is 0.0686. The summed E-state index contributed by atoms with van der Waals surface area (Å²) >= 11 is 1.23. The Morgan fingerprint density at radius 3 is 2.42 bits per heavy atom. The van der Waals surface area contributed by atoms with Crippen molar-refractivity contribution in [3.05, 3.63) is 71.2 Å². The lowest BCUT2D eigenvalue weighted by Gasteiger charge is -2.26. The molecule has 0 saturated heterocycles. The molecule has 7 heteroatoms. The number of benzene rings is 2. The van der Waals surface area contributed by atoms with Crippen molar-refractivity contribution in [3.8, 4) is 0 Å². The molecule has 0 aliphatic rings. The van der Waals surface area contributed by atoms with Gasteiger partial charge < -0.3 is 0 Å². The van der Waals surface area contributed by atoms with E-state index in [0.717, 1.165) is 5.56 Å². The number of nitrogens with zero attached hydrogens (tertiary/aromatic N) is 2. The molecule has 0 bridgehead atoms. The molecule has 5 nitrogen and oxygen atoms in total. The highest BCUT2D eigenvalue weighted by molar-refractivity contribution is 7.93. The van der Waals surface area contributed by atoms with Gasteiger partial charge in [0.05, 0.1) is 10.6 Å². The third kappa shape index (κ3) is 3.40. The fourth-order valence-electron chi connectivity index (χ4n) is 2.65. The zero-order valence-electron chi connectivity index (χ0n) is 14.4. The molecule has 0 unspecified atom stereocenters. The summed E-state index contributed by atoms with van der Waals surface area (Å²) in [5, 5.41) is 2.06. The van der Waals surface area contributed by atoms with E-state index in [1.807, 2.05) is 13.8 Å². The Hall–Kier alpha value is -2.51. The molecule has 134 valence electrons. The highest BCUT2D eigenvalue weighted by atomic mass is 32.2. The van der Waals surface area contributed by atoms with Crippen molar-refractivity contribution in [2.45, 2.75) is 24.7 Å². The molecule has 3 aromatic rings. The molecule has 0 amide bonds. The minimum Gasteiger partial charge on any atom is -0.298 e. The second-order valence-corrected chi connectivity index (χ2v) is 8.65. The number of carbonyl (C=O) groups excluding carboxylic acids is 1. The summed E-state index contributed by atoms with van der Waals surface area (Å²) in [4.78, 5) is 15.7. The number of hydrogen-bond acceptors (Lipinski definition) is 5. The second kappa shape index (κ2) is 7.39. The summed E-state index contributed by atoms with van der Waals surface area (Å²) in [6.07, 6.45) is 2.27. The summed E-state index contributed by atoms with van der Waals surface area (Å²) in [6, 6.07) is 13.3. The lowest BCUT2D eigenvalue weighted by atomic mass is 9.99. The van der Waals surface area contributed by atoms with Gasteiger partial charge in [-0.15, -0.1) is 11.3 Å². The van der Waals surface area contributed by atoms with Gasteiger partial charge in [-0.1, -0.05) is 44.2 Å². The van der Waals surface area contributed by atoms with Gasteiger partial charge in [-0.05, 0) is 29.7 Å². The van der Waals surface area contributed by atoms with Crippen molar-refractivity contribution in [1.29, 1.82) is 0 Å². The Morgan fingerprint density at radius 2 is 1.85 bits per heavy atom. The average Bonchev–Trinajstić information content (AvgIpc) is 3.16. The maximum Gasteiger partial charge on any atom is 0.270 e. The fraction of sp³-hybridized carbons (Fsp3) is 0.158. The Bertz CT molecular complexity index is 999. The molecule has 1 aromatic heterocycles. The molecule has 2 aromatic carbocycles. The summed E-state index contributed by atoms with van der Waals surface area (Å²) < 4.78 is 28.1. The number of aromatic nitrogens is 1. The fourth-order valence-corrected chi connectivity index (χ4v) is 5.01. The van der Waals surface area contributed by atoms with E-state index in [-0.39, 0.29) is 10.8 Å². The van der Waals surface area contributed by atoms with Gasteiger partial charge in [0.1, 0.15) is 6.29 Å². The summed E-state index contributed by atoms with van der Waals surface area (Å²) in [7, 11) is -3.89. The molecule has 0 radical (unpaired) electrons. The molecule has 3 rings (SSSR count). The topological polar surface area (TPSA) is 67.3 Å². The number of carbonyl (C=O) groups is 1. The monoisotopic (exact) mass is 386 g/mol. The molecule has 0 aliphatic heterocycles. The zero-order valence-corrected chi connectivity index (χ0v) is 16.0. The SMILES string of the molecule is CC(C)c1ccc(C=O)cc1N(c1nccs1)S(=O)(=O)c1ccccc1. The van der Waals surface area contributed by atoms with E-state index in [4.69, 9.17) is 0 Å². The highest BCUT2D eigenvalue weighted by Crippen LogP contribution is 2.38. The first-order valence-corrected chi connectivity index (χ1v) is 10.4. The van der Waals surface area contributed by atoms with Crippen LogP contribution in [0, 0.1) is 0 Å². The van der Waals surface area contributed by atoms with Crippen molar-refractivity contribution < 1.29 is 13.2 Å².